The van der Waals surface area contributed by atoms with Crippen molar-refractivity contribution in [3.63, 3.8) is 0 Å². The lowest BCUT2D eigenvalue weighted by Gasteiger charge is -2.17. The average Bonchev–Trinajstić information content (AvgIpc) is 2.29. The third kappa shape index (κ3) is 4.57. The summed E-state index contributed by atoms with van der Waals surface area (Å²) in [4.78, 5) is 13.6. The summed E-state index contributed by atoms with van der Waals surface area (Å²) in [5, 5.41) is 0. The van der Waals surface area contributed by atoms with Gasteiger partial charge in [-0.15, -0.1) is 0 Å². The molecule has 3 nitrogen and oxygen atoms in total. The maximum Gasteiger partial charge on any atom is 0.149 e. The molecule has 1 rings (SSSR count). The molecule has 94 valence electrons. The summed E-state index contributed by atoms with van der Waals surface area (Å²) in [6, 6.07) is 7.92. The van der Waals surface area contributed by atoms with Crippen LogP contribution < -0.4 is 4.74 Å². The van der Waals surface area contributed by atoms with Crippen molar-refractivity contribution in [1.29, 1.82) is 0 Å². The van der Waals surface area contributed by atoms with Crippen molar-refractivity contribution in [2.75, 3.05) is 20.7 Å². The Morgan fingerprint density at radius 1 is 1.29 bits per heavy atom. The second-order valence-corrected chi connectivity index (χ2v) is 4.64. The summed E-state index contributed by atoms with van der Waals surface area (Å²) in [6.45, 7) is 5.15. The van der Waals surface area contributed by atoms with Crippen LogP contribution in [0.3, 0.4) is 0 Å². The minimum absolute atomic E-state index is 0.105. The molecule has 0 aliphatic rings. The highest BCUT2D eigenvalue weighted by atomic mass is 16.5. The molecule has 0 heterocycles. The van der Waals surface area contributed by atoms with Crippen LogP contribution in [0.1, 0.15) is 19.4 Å². The van der Waals surface area contributed by atoms with E-state index in [-0.39, 0.29) is 11.7 Å². The summed E-state index contributed by atoms with van der Waals surface area (Å²) in [5.41, 5.74) is 1.19. The van der Waals surface area contributed by atoms with Gasteiger partial charge in [0.1, 0.15) is 11.5 Å². The third-order valence-electron chi connectivity index (χ3n) is 2.68. The lowest BCUT2D eigenvalue weighted by atomic mass is 10.1. The fraction of sp³-hybridized carbons (Fsp3) is 0.500. The molecule has 0 fully saturated rings. The van der Waals surface area contributed by atoms with Crippen molar-refractivity contribution in [3.8, 4) is 5.75 Å². The van der Waals surface area contributed by atoms with Crippen molar-refractivity contribution in [3.05, 3.63) is 29.8 Å². The molecule has 3 heteroatoms. The van der Waals surface area contributed by atoms with E-state index in [0.29, 0.717) is 6.54 Å². The van der Waals surface area contributed by atoms with E-state index in [9.17, 15) is 4.79 Å². The highest BCUT2D eigenvalue weighted by Crippen LogP contribution is 2.12. The quantitative estimate of drug-likeness (QED) is 0.758. The van der Waals surface area contributed by atoms with E-state index in [1.807, 2.05) is 50.1 Å². The minimum atomic E-state index is 0.105. The van der Waals surface area contributed by atoms with Crippen LogP contribution in [0.4, 0.5) is 0 Å². The first-order valence-corrected chi connectivity index (χ1v) is 5.87. The van der Waals surface area contributed by atoms with Gasteiger partial charge in [-0.3, -0.25) is 9.69 Å². The maximum absolute atomic E-state index is 11.6. The first kappa shape index (κ1) is 13.7. The zero-order valence-corrected chi connectivity index (χ0v) is 11.1. The van der Waals surface area contributed by atoms with Gasteiger partial charge in [-0.2, -0.15) is 0 Å². The van der Waals surface area contributed by atoms with Gasteiger partial charge in [0.15, 0.2) is 0 Å². The molecule has 1 aromatic rings. The first-order valence-electron chi connectivity index (χ1n) is 5.87. The number of ketones is 1. The monoisotopic (exact) mass is 235 g/mol. The predicted molar refractivity (Wildman–Crippen MR) is 69.2 cm³/mol. The number of rotatable bonds is 6. The van der Waals surface area contributed by atoms with Gasteiger partial charge < -0.3 is 4.74 Å². The molecule has 0 aromatic heterocycles. The second kappa shape index (κ2) is 6.40. The number of hydrogen-bond donors (Lipinski definition) is 0. The Bertz CT molecular complexity index is 357. The summed E-state index contributed by atoms with van der Waals surface area (Å²) >= 11 is 0. The summed E-state index contributed by atoms with van der Waals surface area (Å²) in [5.74, 6) is 1.24. The molecule has 0 spiro atoms. The molecule has 0 saturated heterocycles. The smallest absolute Gasteiger partial charge is 0.149 e. The van der Waals surface area contributed by atoms with Gasteiger partial charge in [-0.25, -0.2) is 0 Å². The number of Topliss-reactive ketones (excluding diaryl/α,β-unsaturated/α-hetero) is 1. The second-order valence-electron chi connectivity index (χ2n) is 4.64. The summed E-state index contributed by atoms with van der Waals surface area (Å²) in [7, 11) is 3.62. The molecule has 0 radical (unpaired) electrons. The largest absolute Gasteiger partial charge is 0.497 e. The minimum Gasteiger partial charge on any atom is -0.497 e. The Labute approximate surface area is 103 Å². The normalized spacial score (nSPS) is 10.9. The molecule has 0 N–H and O–H groups in total. The Morgan fingerprint density at radius 2 is 1.88 bits per heavy atom. The number of ether oxygens (including phenoxy) is 1. The zero-order chi connectivity index (χ0) is 12.8. The fourth-order valence-corrected chi connectivity index (χ4v) is 1.55. The molecule has 0 saturated carbocycles. The van der Waals surface area contributed by atoms with E-state index >= 15 is 0 Å². The zero-order valence-electron chi connectivity index (χ0n) is 11.1. The molecular formula is C14H21NO2. The molecule has 0 atom stereocenters. The maximum atomic E-state index is 11.6. The van der Waals surface area contributed by atoms with Crippen LogP contribution in [0.25, 0.3) is 0 Å². The first-order chi connectivity index (χ1) is 8.02. The van der Waals surface area contributed by atoms with Gasteiger partial charge in [0, 0.05) is 12.5 Å². The number of hydrogen-bond acceptors (Lipinski definition) is 3. The number of methoxy groups -OCH3 is 1. The predicted octanol–water partition coefficient (Wildman–Crippen LogP) is 2.35. The number of carbonyl (C=O) groups is 1. The van der Waals surface area contributed by atoms with Gasteiger partial charge in [-0.1, -0.05) is 26.0 Å². The molecule has 17 heavy (non-hydrogen) atoms. The van der Waals surface area contributed by atoms with Crippen LogP contribution in [-0.4, -0.2) is 31.4 Å². The van der Waals surface area contributed by atoms with Crippen LogP contribution in [-0.2, 0) is 11.3 Å². The molecule has 0 aliphatic carbocycles. The lowest BCUT2D eigenvalue weighted by molar-refractivity contribution is -0.122. The summed E-state index contributed by atoms with van der Waals surface area (Å²) in [6.07, 6.45) is 0. The average molecular weight is 235 g/mol. The van der Waals surface area contributed by atoms with Crippen molar-refractivity contribution in [2.24, 2.45) is 5.92 Å². The Kier molecular flexibility index (Phi) is 5.16. The van der Waals surface area contributed by atoms with Gasteiger partial charge in [-0.05, 0) is 24.7 Å². The van der Waals surface area contributed by atoms with Crippen LogP contribution in [0.5, 0.6) is 5.75 Å². The SMILES string of the molecule is COc1ccc(CN(C)CC(=O)C(C)C)cc1. The van der Waals surface area contributed by atoms with E-state index in [2.05, 4.69) is 0 Å². The van der Waals surface area contributed by atoms with Crippen molar-refractivity contribution < 1.29 is 9.53 Å². The van der Waals surface area contributed by atoms with Crippen molar-refractivity contribution in [2.45, 2.75) is 20.4 Å². The molecule has 0 aliphatic heterocycles. The van der Waals surface area contributed by atoms with Crippen LogP contribution in [0.15, 0.2) is 24.3 Å². The topological polar surface area (TPSA) is 29.5 Å². The van der Waals surface area contributed by atoms with Crippen LogP contribution in [0, 0.1) is 5.92 Å². The Hall–Kier alpha value is -1.35. The highest BCUT2D eigenvalue weighted by Gasteiger charge is 2.10. The van der Waals surface area contributed by atoms with E-state index in [0.717, 1.165) is 12.3 Å². The van der Waals surface area contributed by atoms with Gasteiger partial charge >= 0.3 is 0 Å². The van der Waals surface area contributed by atoms with Crippen molar-refractivity contribution in [1.82, 2.24) is 4.90 Å². The van der Waals surface area contributed by atoms with Crippen LogP contribution >= 0.6 is 0 Å². The Morgan fingerprint density at radius 3 is 2.35 bits per heavy atom. The van der Waals surface area contributed by atoms with E-state index in [1.165, 1.54) is 5.56 Å². The summed E-state index contributed by atoms with van der Waals surface area (Å²) < 4.78 is 5.10. The number of benzene rings is 1. The lowest BCUT2D eigenvalue weighted by Crippen LogP contribution is -2.28. The number of carbonyl (C=O) groups excluding carboxylic acids is 1. The van der Waals surface area contributed by atoms with Gasteiger partial charge in [0.25, 0.3) is 0 Å². The standard InChI is InChI=1S/C14H21NO2/c1-11(2)14(16)10-15(3)9-12-5-7-13(17-4)8-6-12/h5-8,11H,9-10H2,1-4H3. The number of nitrogens with zero attached hydrogens (tertiary/aromatic N) is 1. The molecule has 0 bridgehead atoms. The van der Waals surface area contributed by atoms with Crippen LogP contribution in [0.2, 0.25) is 0 Å². The third-order valence-corrected chi connectivity index (χ3v) is 2.68. The highest BCUT2D eigenvalue weighted by molar-refractivity contribution is 5.82. The van der Waals surface area contributed by atoms with E-state index in [1.54, 1.807) is 7.11 Å². The van der Waals surface area contributed by atoms with Gasteiger partial charge in [0.2, 0.25) is 0 Å². The molecular weight excluding hydrogens is 214 g/mol. The fourth-order valence-electron chi connectivity index (χ4n) is 1.55. The molecule has 1 aromatic carbocycles. The van der Waals surface area contributed by atoms with E-state index in [4.69, 9.17) is 4.74 Å². The molecule has 0 unspecified atom stereocenters. The molecule has 0 amide bonds. The van der Waals surface area contributed by atoms with Crippen molar-refractivity contribution >= 4 is 5.78 Å². The van der Waals surface area contributed by atoms with E-state index < -0.39 is 0 Å². The van der Waals surface area contributed by atoms with Gasteiger partial charge in [0.05, 0.1) is 13.7 Å². The Balaban J connectivity index is 2.50. The number of likely N-dealkylation sites (N-methyl/N-ethyl adjacent to an activating group) is 1.